The number of hydrogen-bond donors (Lipinski definition) is 1. The van der Waals surface area contributed by atoms with Crippen molar-refractivity contribution in [3.63, 3.8) is 0 Å². The maximum absolute atomic E-state index is 5.82. The predicted molar refractivity (Wildman–Crippen MR) is 80.7 cm³/mol. The molecule has 0 aromatic heterocycles. The molecule has 0 saturated heterocycles. The van der Waals surface area contributed by atoms with Gasteiger partial charge in [0.25, 0.3) is 0 Å². The van der Waals surface area contributed by atoms with Gasteiger partial charge in [0.15, 0.2) is 0 Å². The van der Waals surface area contributed by atoms with Crippen LogP contribution >= 0.6 is 0 Å². The first kappa shape index (κ1) is 13.5. The molecule has 2 aromatic rings. The van der Waals surface area contributed by atoms with Gasteiger partial charge >= 0.3 is 0 Å². The Balaban J connectivity index is 2.06. The van der Waals surface area contributed by atoms with Crippen molar-refractivity contribution in [1.82, 2.24) is 0 Å². The van der Waals surface area contributed by atoms with Crippen LogP contribution < -0.4 is 10.5 Å². The summed E-state index contributed by atoms with van der Waals surface area (Å²) in [5.74, 6) is 1.64. The Morgan fingerprint density at radius 3 is 2.37 bits per heavy atom. The lowest BCUT2D eigenvalue weighted by Crippen LogP contribution is -1.90. The summed E-state index contributed by atoms with van der Waals surface area (Å²) < 4.78 is 5.82. The first-order valence-electron chi connectivity index (χ1n) is 6.81. The summed E-state index contributed by atoms with van der Waals surface area (Å²) in [7, 11) is 0. The lowest BCUT2D eigenvalue weighted by Gasteiger charge is -2.08. The van der Waals surface area contributed by atoms with E-state index in [0.29, 0.717) is 0 Å². The monoisotopic (exact) mass is 255 g/mol. The van der Waals surface area contributed by atoms with Gasteiger partial charge in [-0.2, -0.15) is 0 Å². The summed E-state index contributed by atoms with van der Waals surface area (Å²) in [5.41, 5.74) is 9.01. The van der Waals surface area contributed by atoms with E-state index in [0.717, 1.165) is 29.2 Å². The molecule has 0 heterocycles. The van der Waals surface area contributed by atoms with Crippen LogP contribution in [0.25, 0.3) is 0 Å². The summed E-state index contributed by atoms with van der Waals surface area (Å²) in [4.78, 5) is 0. The minimum atomic E-state index is 0.731. The third-order valence-corrected chi connectivity index (χ3v) is 3.05. The van der Waals surface area contributed by atoms with Crippen molar-refractivity contribution in [2.45, 2.75) is 33.1 Å². The van der Waals surface area contributed by atoms with Crippen LogP contribution in [-0.2, 0) is 6.42 Å². The van der Waals surface area contributed by atoms with Gasteiger partial charge in [-0.05, 0) is 55.2 Å². The van der Waals surface area contributed by atoms with Gasteiger partial charge in [0.2, 0.25) is 0 Å². The molecule has 2 heteroatoms. The maximum Gasteiger partial charge on any atom is 0.129 e. The normalized spacial score (nSPS) is 10.4. The highest BCUT2D eigenvalue weighted by molar-refractivity contribution is 5.48. The van der Waals surface area contributed by atoms with Gasteiger partial charge in [-0.15, -0.1) is 0 Å². The van der Waals surface area contributed by atoms with Crippen molar-refractivity contribution < 1.29 is 4.74 Å². The van der Waals surface area contributed by atoms with Crippen molar-refractivity contribution in [2.24, 2.45) is 0 Å². The van der Waals surface area contributed by atoms with Crippen LogP contribution in [0.4, 0.5) is 5.69 Å². The molecule has 0 amide bonds. The molecule has 0 spiro atoms. The fourth-order valence-electron chi connectivity index (χ4n) is 2.08. The quantitative estimate of drug-likeness (QED) is 0.785. The average Bonchev–Trinajstić information content (AvgIpc) is 2.37. The Bertz CT molecular complexity index is 511. The molecule has 0 bridgehead atoms. The first-order valence-corrected chi connectivity index (χ1v) is 6.81. The molecule has 100 valence electrons. The van der Waals surface area contributed by atoms with Crippen molar-refractivity contribution in [2.75, 3.05) is 5.73 Å². The first-order chi connectivity index (χ1) is 9.17. The van der Waals surface area contributed by atoms with Gasteiger partial charge in [-0.3, -0.25) is 0 Å². The highest BCUT2D eigenvalue weighted by atomic mass is 16.5. The van der Waals surface area contributed by atoms with Crippen LogP contribution in [0.2, 0.25) is 0 Å². The van der Waals surface area contributed by atoms with Crippen LogP contribution in [0.15, 0.2) is 42.5 Å². The molecular formula is C17H21NO. The number of nitrogens with two attached hydrogens (primary N) is 1. The number of rotatable bonds is 5. The van der Waals surface area contributed by atoms with E-state index in [1.807, 2.05) is 37.3 Å². The SMILES string of the molecule is CCCCc1ccc(Oc2cc(C)cc(N)c2)cc1. The molecule has 0 atom stereocenters. The second kappa shape index (κ2) is 6.28. The lowest BCUT2D eigenvalue weighted by molar-refractivity contribution is 0.482. The van der Waals surface area contributed by atoms with Crippen LogP contribution in [0.1, 0.15) is 30.9 Å². The summed E-state index contributed by atoms with van der Waals surface area (Å²) >= 11 is 0. The molecule has 0 unspecified atom stereocenters. The van der Waals surface area contributed by atoms with Gasteiger partial charge in [-0.1, -0.05) is 25.5 Å². The molecule has 0 aliphatic heterocycles. The molecule has 2 aromatic carbocycles. The Hall–Kier alpha value is -1.96. The molecule has 2 N–H and O–H groups in total. The number of nitrogen functional groups attached to an aromatic ring is 1. The van der Waals surface area contributed by atoms with E-state index in [2.05, 4.69) is 19.1 Å². The summed E-state index contributed by atoms with van der Waals surface area (Å²) in [6.07, 6.45) is 3.59. The van der Waals surface area contributed by atoms with E-state index >= 15 is 0 Å². The van der Waals surface area contributed by atoms with Crippen LogP contribution in [0.5, 0.6) is 11.5 Å². The molecule has 0 aliphatic rings. The van der Waals surface area contributed by atoms with E-state index in [1.54, 1.807) is 0 Å². The third kappa shape index (κ3) is 4.02. The topological polar surface area (TPSA) is 35.2 Å². The van der Waals surface area contributed by atoms with Crippen molar-refractivity contribution in [1.29, 1.82) is 0 Å². The van der Waals surface area contributed by atoms with Gasteiger partial charge in [0.05, 0.1) is 0 Å². The number of hydrogen-bond acceptors (Lipinski definition) is 2. The average molecular weight is 255 g/mol. The Kier molecular flexibility index (Phi) is 4.45. The minimum absolute atomic E-state index is 0.731. The molecule has 2 nitrogen and oxygen atoms in total. The van der Waals surface area contributed by atoms with Crippen LogP contribution in [-0.4, -0.2) is 0 Å². The van der Waals surface area contributed by atoms with E-state index in [9.17, 15) is 0 Å². The van der Waals surface area contributed by atoms with Gasteiger partial charge < -0.3 is 10.5 Å². The summed E-state index contributed by atoms with van der Waals surface area (Å²) in [6.45, 7) is 4.22. The van der Waals surface area contributed by atoms with Crippen molar-refractivity contribution >= 4 is 5.69 Å². The molecule has 0 saturated carbocycles. The van der Waals surface area contributed by atoms with Crippen LogP contribution in [0.3, 0.4) is 0 Å². The second-order valence-corrected chi connectivity index (χ2v) is 4.93. The molecule has 0 aliphatic carbocycles. The predicted octanol–water partition coefficient (Wildman–Crippen LogP) is 4.71. The second-order valence-electron chi connectivity index (χ2n) is 4.93. The van der Waals surface area contributed by atoms with Crippen molar-refractivity contribution in [3.8, 4) is 11.5 Å². The third-order valence-electron chi connectivity index (χ3n) is 3.05. The summed E-state index contributed by atoms with van der Waals surface area (Å²) in [6, 6.07) is 14.1. The standard InChI is InChI=1S/C17H21NO/c1-3-4-5-14-6-8-16(9-7-14)19-17-11-13(2)10-15(18)12-17/h6-12H,3-5,18H2,1-2H3. The highest BCUT2D eigenvalue weighted by Gasteiger charge is 2.00. The van der Waals surface area contributed by atoms with E-state index in [-0.39, 0.29) is 0 Å². The Morgan fingerprint density at radius 2 is 1.74 bits per heavy atom. The fourth-order valence-corrected chi connectivity index (χ4v) is 2.08. The zero-order valence-corrected chi connectivity index (χ0v) is 11.6. The zero-order valence-electron chi connectivity index (χ0n) is 11.6. The number of ether oxygens (including phenoxy) is 1. The van der Waals surface area contributed by atoms with Gasteiger partial charge in [0.1, 0.15) is 11.5 Å². The van der Waals surface area contributed by atoms with Crippen molar-refractivity contribution in [3.05, 3.63) is 53.6 Å². The van der Waals surface area contributed by atoms with E-state index in [4.69, 9.17) is 10.5 Å². The fraction of sp³-hybridized carbons (Fsp3) is 0.294. The molecule has 2 rings (SSSR count). The number of aryl methyl sites for hydroxylation is 2. The maximum atomic E-state index is 5.82. The highest BCUT2D eigenvalue weighted by Crippen LogP contribution is 2.25. The minimum Gasteiger partial charge on any atom is -0.457 e. The van der Waals surface area contributed by atoms with E-state index in [1.165, 1.54) is 18.4 Å². The lowest BCUT2D eigenvalue weighted by atomic mass is 10.1. The smallest absolute Gasteiger partial charge is 0.129 e. The Labute approximate surface area is 115 Å². The summed E-state index contributed by atoms with van der Waals surface area (Å²) in [5, 5.41) is 0. The van der Waals surface area contributed by atoms with Gasteiger partial charge in [0, 0.05) is 11.8 Å². The molecule has 0 radical (unpaired) electrons. The largest absolute Gasteiger partial charge is 0.457 e. The molecule has 19 heavy (non-hydrogen) atoms. The number of unbranched alkanes of at least 4 members (excludes halogenated alkanes) is 1. The molecular weight excluding hydrogens is 234 g/mol. The van der Waals surface area contributed by atoms with E-state index < -0.39 is 0 Å². The zero-order chi connectivity index (χ0) is 13.7. The van der Waals surface area contributed by atoms with Crippen LogP contribution in [0, 0.1) is 6.92 Å². The number of benzene rings is 2. The molecule has 0 fully saturated rings. The number of anilines is 1. The Morgan fingerprint density at radius 1 is 1.00 bits per heavy atom. The van der Waals surface area contributed by atoms with Gasteiger partial charge in [-0.25, -0.2) is 0 Å².